The summed E-state index contributed by atoms with van der Waals surface area (Å²) in [6, 6.07) is 12.8. The van der Waals surface area contributed by atoms with Crippen LogP contribution in [0, 0.1) is 0 Å². The molecule has 0 spiro atoms. The number of anilines is 1. The third kappa shape index (κ3) is 4.91. The number of carbonyl (C=O) groups is 1. The number of hydrogen-bond acceptors (Lipinski definition) is 7. The van der Waals surface area contributed by atoms with E-state index < -0.39 is 29.9 Å². The van der Waals surface area contributed by atoms with E-state index in [-0.39, 0.29) is 29.0 Å². The number of aromatic nitrogens is 2. The molecule has 0 atom stereocenters. The van der Waals surface area contributed by atoms with E-state index in [1.807, 2.05) is 26.8 Å². The molecular weight excluding hydrogens is 500 g/mol. The summed E-state index contributed by atoms with van der Waals surface area (Å²) in [5.41, 5.74) is 0.667. The first-order valence-corrected chi connectivity index (χ1v) is 11.9. The van der Waals surface area contributed by atoms with Crippen LogP contribution in [-0.2, 0) is 11.3 Å². The fraction of sp³-hybridized carbons (Fsp3) is 0.296. The third-order valence-corrected chi connectivity index (χ3v) is 5.70. The van der Waals surface area contributed by atoms with Crippen LogP contribution < -0.4 is 24.7 Å². The van der Waals surface area contributed by atoms with E-state index in [0.717, 1.165) is 4.68 Å². The van der Waals surface area contributed by atoms with Crippen LogP contribution in [0.5, 0.6) is 17.2 Å². The van der Waals surface area contributed by atoms with Gasteiger partial charge in [0.25, 0.3) is 5.56 Å². The summed E-state index contributed by atoms with van der Waals surface area (Å²) >= 11 is 0. The van der Waals surface area contributed by atoms with Crippen molar-refractivity contribution in [3.8, 4) is 28.5 Å². The molecule has 2 aromatic carbocycles. The van der Waals surface area contributed by atoms with Gasteiger partial charge in [0.05, 0.1) is 11.6 Å². The Kier molecular flexibility index (Phi) is 6.09. The smallest absolute Gasteiger partial charge is 0.488 e. The van der Waals surface area contributed by atoms with Gasteiger partial charge in [-0.3, -0.25) is 9.59 Å². The Bertz CT molecular complexity index is 1590. The number of benzene rings is 2. The van der Waals surface area contributed by atoms with Crippen molar-refractivity contribution < 1.29 is 32.2 Å². The Morgan fingerprint density at radius 1 is 1.11 bits per heavy atom. The molecule has 1 aliphatic heterocycles. The Morgan fingerprint density at radius 3 is 2.61 bits per heavy atom. The highest BCUT2D eigenvalue weighted by Crippen LogP contribution is 2.43. The van der Waals surface area contributed by atoms with Gasteiger partial charge in [0.1, 0.15) is 23.6 Å². The highest BCUT2D eigenvalue weighted by molar-refractivity contribution is 5.94. The molecule has 4 aromatic rings. The van der Waals surface area contributed by atoms with E-state index in [2.05, 4.69) is 14.6 Å². The van der Waals surface area contributed by atoms with E-state index in [0.29, 0.717) is 22.7 Å². The SMILES string of the molecule is CCN(C(=O)Cn1nc(-c2cccc(OC(C)(C)C)c2)c2occc2c1=O)c1ccc2c(c1)OC(F)(F)O2. The molecule has 1 amide bonds. The minimum absolute atomic E-state index is 0.132. The fourth-order valence-electron chi connectivity index (χ4n) is 4.19. The predicted octanol–water partition coefficient (Wildman–Crippen LogP) is 5.21. The van der Waals surface area contributed by atoms with Gasteiger partial charge in [-0.25, -0.2) is 4.68 Å². The lowest BCUT2D eigenvalue weighted by molar-refractivity contribution is -0.286. The largest absolute Gasteiger partial charge is 0.586 e. The Morgan fingerprint density at radius 2 is 1.87 bits per heavy atom. The maximum atomic E-state index is 13.4. The summed E-state index contributed by atoms with van der Waals surface area (Å²) in [5.74, 6) is -0.191. The second kappa shape index (κ2) is 9.16. The molecule has 0 saturated heterocycles. The molecule has 0 saturated carbocycles. The van der Waals surface area contributed by atoms with Gasteiger partial charge < -0.3 is 23.5 Å². The van der Waals surface area contributed by atoms with Crippen LogP contribution in [0.2, 0.25) is 0 Å². The minimum atomic E-state index is -3.77. The molecule has 0 radical (unpaired) electrons. The number of rotatable bonds is 6. The molecule has 1 aliphatic rings. The number of carbonyl (C=O) groups excluding carboxylic acids is 1. The average molecular weight is 526 g/mol. The van der Waals surface area contributed by atoms with Gasteiger partial charge in [-0.05, 0) is 58.0 Å². The van der Waals surface area contributed by atoms with Crippen molar-refractivity contribution >= 4 is 22.6 Å². The summed E-state index contributed by atoms with van der Waals surface area (Å²) in [5, 5.41) is 4.73. The number of fused-ring (bicyclic) bond motifs is 2. The molecule has 0 unspecified atom stereocenters. The van der Waals surface area contributed by atoms with Crippen LogP contribution in [0.15, 0.2) is 64.0 Å². The van der Waals surface area contributed by atoms with Crippen molar-refractivity contribution in [2.24, 2.45) is 0 Å². The zero-order valence-corrected chi connectivity index (χ0v) is 21.2. The molecule has 11 heteroatoms. The molecular formula is C27H25F2N3O6. The van der Waals surface area contributed by atoms with Crippen LogP contribution >= 0.6 is 0 Å². The zero-order chi connectivity index (χ0) is 27.2. The quantitative estimate of drug-likeness (QED) is 0.341. The molecule has 2 aromatic heterocycles. The first kappa shape index (κ1) is 25.2. The van der Waals surface area contributed by atoms with E-state index in [1.165, 1.54) is 35.4 Å². The molecule has 0 aliphatic carbocycles. The number of amides is 1. The lowest BCUT2D eigenvalue weighted by Crippen LogP contribution is -2.37. The summed E-state index contributed by atoms with van der Waals surface area (Å²) < 4.78 is 48.4. The van der Waals surface area contributed by atoms with E-state index >= 15 is 0 Å². The molecule has 0 N–H and O–H groups in total. The van der Waals surface area contributed by atoms with Crippen LogP contribution in [0.25, 0.3) is 22.2 Å². The summed E-state index contributed by atoms with van der Waals surface area (Å²) in [6.45, 7) is 7.32. The lowest BCUT2D eigenvalue weighted by atomic mass is 10.1. The maximum Gasteiger partial charge on any atom is 0.586 e. The van der Waals surface area contributed by atoms with Crippen molar-refractivity contribution in [1.82, 2.24) is 9.78 Å². The van der Waals surface area contributed by atoms with Gasteiger partial charge in [0, 0.05) is 23.9 Å². The fourth-order valence-corrected chi connectivity index (χ4v) is 4.19. The molecule has 0 fully saturated rings. The summed E-state index contributed by atoms with van der Waals surface area (Å²) in [6.07, 6.45) is -2.38. The number of ether oxygens (including phenoxy) is 3. The van der Waals surface area contributed by atoms with Crippen molar-refractivity contribution in [2.45, 2.75) is 46.1 Å². The van der Waals surface area contributed by atoms with Crippen molar-refractivity contribution in [3.05, 3.63) is 65.1 Å². The van der Waals surface area contributed by atoms with Gasteiger partial charge >= 0.3 is 6.29 Å². The Balaban J connectivity index is 1.49. The van der Waals surface area contributed by atoms with E-state index in [9.17, 15) is 18.4 Å². The monoisotopic (exact) mass is 525 g/mol. The second-order valence-corrected chi connectivity index (χ2v) is 9.65. The third-order valence-electron chi connectivity index (χ3n) is 5.70. The number of hydrogen-bond donors (Lipinski definition) is 0. The second-order valence-electron chi connectivity index (χ2n) is 9.65. The van der Waals surface area contributed by atoms with Gasteiger partial charge in [-0.2, -0.15) is 5.10 Å². The summed E-state index contributed by atoms with van der Waals surface area (Å²) in [7, 11) is 0. The van der Waals surface area contributed by atoms with Gasteiger partial charge in [-0.15, -0.1) is 8.78 Å². The van der Waals surface area contributed by atoms with Crippen molar-refractivity contribution in [1.29, 1.82) is 0 Å². The topological polar surface area (TPSA) is 96.0 Å². The first-order valence-electron chi connectivity index (χ1n) is 11.9. The van der Waals surface area contributed by atoms with Crippen LogP contribution in [0.3, 0.4) is 0 Å². The highest BCUT2D eigenvalue weighted by atomic mass is 19.3. The van der Waals surface area contributed by atoms with Gasteiger partial charge in [0.15, 0.2) is 17.1 Å². The first-order chi connectivity index (χ1) is 17.9. The van der Waals surface area contributed by atoms with Crippen molar-refractivity contribution in [2.75, 3.05) is 11.4 Å². The van der Waals surface area contributed by atoms with Crippen LogP contribution in [-0.4, -0.2) is 34.1 Å². The van der Waals surface area contributed by atoms with Gasteiger partial charge in [-0.1, -0.05) is 12.1 Å². The normalized spacial score (nSPS) is 14.1. The molecule has 9 nitrogen and oxygen atoms in total. The number of halogens is 2. The van der Waals surface area contributed by atoms with Crippen LogP contribution in [0.4, 0.5) is 14.5 Å². The van der Waals surface area contributed by atoms with Crippen molar-refractivity contribution in [3.63, 3.8) is 0 Å². The lowest BCUT2D eigenvalue weighted by Gasteiger charge is -2.22. The van der Waals surface area contributed by atoms with Gasteiger partial charge in [0.2, 0.25) is 5.91 Å². The standard InChI is InChI=1S/C27H25F2N3O6/c1-5-31(17-9-10-20-21(14-17)38-27(28,29)37-20)22(33)15-32-25(34)19-11-12-35-24(19)23(30-32)16-7-6-8-18(13-16)36-26(2,3)4/h6-14H,5,15H2,1-4H3. The minimum Gasteiger partial charge on any atom is -0.488 e. The van der Waals surface area contributed by atoms with Crippen LogP contribution in [0.1, 0.15) is 27.7 Å². The molecule has 198 valence electrons. The Labute approximate surface area is 216 Å². The zero-order valence-electron chi connectivity index (χ0n) is 21.2. The number of nitrogens with zero attached hydrogens (tertiary/aromatic N) is 3. The molecule has 0 bridgehead atoms. The molecule has 3 heterocycles. The highest BCUT2D eigenvalue weighted by Gasteiger charge is 2.43. The molecule has 38 heavy (non-hydrogen) atoms. The number of furan rings is 1. The average Bonchev–Trinajstić information content (AvgIpc) is 3.43. The number of alkyl halides is 2. The predicted molar refractivity (Wildman–Crippen MR) is 135 cm³/mol. The Hall–Kier alpha value is -4.41. The molecule has 5 rings (SSSR count). The van der Waals surface area contributed by atoms with E-state index in [1.54, 1.807) is 25.1 Å². The maximum absolute atomic E-state index is 13.4. The van der Waals surface area contributed by atoms with E-state index in [4.69, 9.17) is 9.15 Å². The number of likely N-dealkylation sites (N-methyl/N-ethyl adjacent to an activating group) is 1. The summed E-state index contributed by atoms with van der Waals surface area (Å²) in [4.78, 5) is 27.8.